The molecule has 1 heteroatoms. The first kappa shape index (κ1) is 8.79. The van der Waals surface area contributed by atoms with Gasteiger partial charge < -0.3 is 5.11 Å². The summed E-state index contributed by atoms with van der Waals surface area (Å²) in [6.07, 6.45) is 5.80. The average Bonchev–Trinajstić information content (AvgIpc) is 2.30. The summed E-state index contributed by atoms with van der Waals surface area (Å²) in [6, 6.07) is 0. The summed E-state index contributed by atoms with van der Waals surface area (Å²) in [7, 11) is 0. The molecule has 0 saturated heterocycles. The lowest BCUT2D eigenvalue weighted by Crippen LogP contribution is -2.13. The monoisotopic (exact) mass is 154 g/mol. The van der Waals surface area contributed by atoms with Crippen LogP contribution in [0.5, 0.6) is 0 Å². The molecule has 0 aromatic rings. The van der Waals surface area contributed by atoms with E-state index in [0.29, 0.717) is 12.0 Å². The van der Waals surface area contributed by atoms with E-state index >= 15 is 0 Å². The SMILES string of the molecule is C=C1CCCC1(C)CCCO. The van der Waals surface area contributed by atoms with Gasteiger partial charge in [0.1, 0.15) is 0 Å². The Hall–Kier alpha value is -0.300. The zero-order chi connectivity index (χ0) is 8.32. The summed E-state index contributed by atoms with van der Waals surface area (Å²) < 4.78 is 0. The third-order valence-electron chi connectivity index (χ3n) is 2.95. The quantitative estimate of drug-likeness (QED) is 0.619. The highest BCUT2D eigenvalue weighted by Crippen LogP contribution is 2.44. The standard InChI is InChI=1S/C10H18O/c1-9-5-3-6-10(9,2)7-4-8-11/h11H,1,3-8H2,2H3. The minimum atomic E-state index is 0.322. The van der Waals surface area contributed by atoms with Crippen LogP contribution in [0.1, 0.15) is 39.0 Å². The smallest absolute Gasteiger partial charge is 0.0431 e. The van der Waals surface area contributed by atoms with Crippen molar-refractivity contribution in [2.45, 2.75) is 39.0 Å². The fraction of sp³-hybridized carbons (Fsp3) is 0.800. The van der Waals surface area contributed by atoms with Crippen LogP contribution in [0.15, 0.2) is 12.2 Å². The van der Waals surface area contributed by atoms with Gasteiger partial charge in [0.05, 0.1) is 0 Å². The highest BCUT2D eigenvalue weighted by molar-refractivity contribution is 5.13. The van der Waals surface area contributed by atoms with Crippen molar-refractivity contribution in [1.82, 2.24) is 0 Å². The van der Waals surface area contributed by atoms with Crippen molar-refractivity contribution >= 4 is 0 Å². The fourth-order valence-corrected chi connectivity index (χ4v) is 1.94. The van der Waals surface area contributed by atoms with Crippen LogP contribution in [0.4, 0.5) is 0 Å². The van der Waals surface area contributed by atoms with E-state index in [1.165, 1.54) is 24.8 Å². The van der Waals surface area contributed by atoms with Gasteiger partial charge in [-0.2, -0.15) is 0 Å². The maximum atomic E-state index is 8.70. The molecule has 0 bridgehead atoms. The van der Waals surface area contributed by atoms with Crippen LogP contribution in [0, 0.1) is 5.41 Å². The van der Waals surface area contributed by atoms with Gasteiger partial charge in [-0.25, -0.2) is 0 Å². The predicted octanol–water partition coefficient (Wildman–Crippen LogP) is 2.51. The second-order valence-electron chi connectivity index (χ2n) is 3.84. The molecule has 1 rings (SSSR count). The van der Waals surface area contributed by atoms with Gasteiger partial charge in [-0.05, 0) is 37.5 Å². The highest BCUT2D eigenvalue weighted by atomic mass is 16.2. The lowest BCUT2D eigenvalue weighted by atomic mass is 9.81. The van der Waals surface area contributed by atoms with E-state index in [-0.39, 0.29) is 0 Å². The molecule has 1 aliphatic carbocycles. The van der Waals surface area contributed by atoms with Crippen LogP contribution in [0.25, 0.3) is 0 Å². The second-order valence-corrected chi connectivity index (χ2v) is 3.84. The van der Waals surface area contributed by atoms with Crippen LogP contribution in [0.3, 0.4) is 0 Å². The molecule has 0 aromatic carbocycles. The summed E-state index contributed by atoms with van der Waals surface area (Å²) in [5.41, 5.74) is 1.74. The van der Waals surface area contributed by atoms with Gasteiger partial charge in [0, 0.05) is 6.61 Å². The summed E-state index contributed by atoms with van der Waals surface area (Å²) in [4.78, 5) is 0. The van der Waals surface area contributed by atoms with E-state index in [1.807, 2.05) is 0 Å². The molecule has 0 heterocycles. The van der Waals surface area contributed by atoms with Crippen LogP contribution < -0.4 is 0 Å². The van der Waals surface area contributed by atoms with Crippen molar-refractivity contribution in [3.63, 3.8) is 0 Å². The van der Waals surface area contributed by atoms with Crippen molar-refractivity contribution in [2.24, 2.45) is 5.41 Å². The molecule has 1 N–H and O–H groups in total. The van der Waals surface area contributed by atoms with Gasteiger partial charge in [0.2, 0.25) is 0 Å². The molecule has 1 fully saturated rings. The molecule has 11 heavy (non-hydrogen) atoms. The Balaban J connectivity index is 2.44. The van der Waals surface area contributed by atoms with E-state index in [0.717, 1.165) is 12.8 Å². The molecule has 1 unspecified atom stereocenters. The molecule has 0 aliphatic heterocycles. The molecule has 1 saturated carbocycles. The molecule has 1 atom stereocenters. The van der Waals surface area contributed by atoms with E-state index in [2.05, 4.69) is 13.5 Å². The molecule has 0 aromatic heterocycles. The molecule has 1 aliphatic rings. The Labute approximate surface area is 69.1 Å². The fourth-order valence-electron chi connectivity index (χ4n) is 1.94. The Morgan fingerprint density at radius 1 is 1.64 bits per heavy atom. The third kappa shape index (κ3) is 1.84. The molecule has 0 spiro atoms. The predicted molar refractivity (Wildman–Crippen MR) is 47.4 cm³/mol. The van der Waals surface area contributed by atoms with E-state index in [9.17, 15) is 0 Å². The normalized spacial score (nSPS) is 31.3. The number of allylic oxidation sites excluding steroid dienone is 1. The van der Waals surface area contributed by atoms with Gasteiger partial charge in [-0.1, -0.05) is 19.1 Å². The second kappa shape index (κ2) is 3.40. The van der Waals surface area contributed by atoms with Gasteiger partial charge in [-0.3, -0.25) is 0 Å². The van der Waals surface area contributed by atoms with Crippen LogP contribution in [-0.2, 0) is 0 Å². The largest absolute Gasteiger partial charge is 0.396 e. The number of hydrogen-bond donors (Lipinski definition) is 1. The summed E-state index contributed by atoms with van der Waals surface area (Å²) in [5.74, 6) is 0. The molecule has 64 valence electrons. The topological polar surface area (TPSA) is 20.2 Å². The van der Waals surface area contributed by atoms with Crippen molar-refractivity contribution < 1.29 is 5.11 Å². The summed E-state index contributed by atoms with van der Waals surface area (Å²) >= 11 is 0. The van der Waals surface area contributed by atoms with Gasteiger partial charge in [0.25, 0.3) is 0 Å². The van der Waals surface area contributed by atoms with Crippen molar-refractivity contribution in [1.29, 1.82) is 0 Å². The van der Waals surface area contributed by atoms with Crippen LogP contribution in [-0.4, -0.2) is 11.7 Å². The maximum Gasteiger partial charge on any atom is 0.0431 e. The van der Waals surface area contributed by atoms with Gasteiger partial charge in [-0.15, -0.1) is 0 Å². The first-order valence-corrected chi connectivity index (χ1v) is 4.48. The first-order valence-electron chi connectivity index (χ1n) is 4.48. The number of hydrogen-bond acceptors (Lipinski definition) is 1. The van der Waals surface area contributed by atoms with E-state index in [1.54, 1.807) is 0 Å². The Kier molecular flexibility index (Phi) is 2.72. The molecule has 1 nitrogen and oxygen atoms in total. The Morgan fingerprint density at radius 2 is 2.36 bits per heavy atom. The van der Waals surface area contributed by atoms with Crippen LogP contribution in [0.2, 0.25) is 0 Å². The van der Waals surface area contributed by atoms with Crippen LogP contribution >= 0.6 is 0 Å². The molecular weight excluding hydrogens is 136 g/mol. The third-order valence-corrected chi connectivity index (χ3v) is 2.95. The molecular formula is C10H18O. The lowest BCUT2D eigenvalue weighted by Gasteiger charge is -2.24. The molecule has 0 radical (unpaired) electrons. The highest BCUT2D eigenvalue weighted by Gasteiger charge is 2.31. The maximum absolute atomic E-state index is 8.70. The average molecular weight is 154 g/mol. The van der Waals surface area contributed by atoms with E-state index in [4.69, 9.17) is 5.11 Å². The van der Waals surface area contributed by atoms with Gasteiger partial charge in [0.15, 0.2) is 0 Å². The first-order chi connectivity index (χ1) is 5.19. The lowest BCUT2D eigenvalue weighted by molar-refractivity contribution is 0.253. The van der Waals surface area contributed by atoms with E-state index < -0.39 is 0 Å². The number of aliphatic hydroxyl groups excluding tert-OH is 1. The molecule has 0 amide bonds. The van der Waals surface area contributed by atoms with Crippen molar-refractivity contribution in [3.8, 4) is 0 Å². The summed E-state index contributed by atoms with van der Waals surface area (Å²) in [6.45, 7) is 6.68. The minimum absolute atomic E-state index is 0.322. The van der Waals surface area contributed by atoms with Gasteiger partial charge >= 0.3 is 0 Å². The number of aliphatic hydroxyl groups is 1. The zero-order valence-electron chi connectivity index (χ0n) is 7.40. The number of rotatable bonds is 3. The van der Waals surface area contributed by atoms with Crippen molar-refractivity contribution in [2.75, 3.05) is 6.61 Å². The zero-order valence-corrected chi connectivity index (χ0v) is 7.40. The Morgan fingerprint density at radius 3 is 2.82 bits per heavy atom. The Bertz CT molecular complexity index is 151. The van der Waals surface area contributed by atoms with Crippen molar-refractivity contribution in [3.05, 3.63) is 12.2 Å². The minimum Gasteiger partial charge on any atom is -0.396 e. The summed E-state index contributed by atoms with van der Waals surface area (Å²) in [5, 5.41) is 8.70.